The number of amides is 4. The maximum atomic E-state index is 12.4. The maximum absolute atomic E-state index is 12.4. The normalized spacial score (nSPS) is 18.1. The van der Waals surface area contributed by atoms with Crippen LogP contribution in [0, 0.1) is 17.2 Å². The molecule has 0 unspecified atom stereocenters. The van der Waals surface area contributed by atoms with Crippen molar-refractivity contribution in [2.45, 2.75) is 58.5 Å². The summed E-state index contributed by atoms with van der Waals surface area (Å²) in [7, 11) is 0. The second-order valence-electron chi connectivity index (χ2n) is 6.79. The number of hydrogen-bond donors (Lipinski definition) is 2. The Hall–Kier alpha value is -2.63. The zero-order chi connectivity index (χ0) is 20.1. The minimum atomic E-state index is -1.09. The highest BCUT2D eigenvalue weighted by atomic mass is 16.5. The first-order valence-corrected chi connectivity index (χ1v) is 8.57. The molecular weight excluding hydrogens is 340 g/mol. The van der Waals surface area contributed by atoms with Gasteiger partial charge in [0, 0.05) is 0 Å². The fourth-order valence-electron chi connectivity index (χ4n) is 2.50. The SMILES string of the molecule is CCC1(CC)NC(=O)N(CC(=O)OCC(=O)N[C@@](C)(C#N)C(C)C)C1=O. The molecule has 144 valence electrons. The predicted molar refractivity (Wildman–Crippen MR) is 91.5 cm³/mol. The molecule has 1 aliphatic rings. The van der Waals surface area contributed by atoms with Crippen LogP contribution in [0.3, 0.4) is 0 Å². The number of rotatable bonds is 8. The molecule has 1 atom stereocenters. The van der Waals surface area contributed by atoms with Crippen molar-refractivity contribution in [2.24, 2.45) is 5.92 Å². The molecule has 26 heavy (non-hydrogen) atoms. The van der Waals surface area contributed by atoms with Crippen LogP contribution in [0.1, 0.15) is 47.5 Å². The Morgan fingerprint density at radius 2 is 1.92 bits per heavy atom. The van der Waals surface area contributed by atoms with E-state index in [1.807, 2.05) is 6.07 Å². The zero-order valence-electron chi connectivity index (χ0n) is 15.8. The van der Waals surface area contributed by atoms with E-state index in [0.29, 0.717) is 12.8 Å². The molecule has 0 saturated carbocycles. The van der Waals surface area contributed by atoms with Gasteiger partial charge in [-0.15, -0.1) is 0 Å². The number of imide groups is 1. The van der Waals surface area contributed by atoms with Crippen LogP contribution >= 0.6 is 0 Å². The second-order valence-corrected chi connectivity index (χ2v) is 6.79. The number of nitrogens with zero attached hydrogens (tertiary/aromatic N) is 2. The molecule has 1 heterocycles. The van der Waals surface area contributed by atoms with Crippen LogP contribution in [0.2, 0.25) is 0 Å². The van der Waals surface area contributed by atoms with Crippen molar-refractivity contribution < 1.29 is 23.9 Å². The Balaban J connectivity index is 2.60. The van der Waals surface area contributed by atoms with E-state index in [1.54, 1.807) is 34.6 Å². The zero-order valence-corrected chi connectivity index (χ0v) is 15.8. The van der Waals surface area contributed by atoms with E-state index in [9.17, 15) is 19.2 Å². The molecule has 1 fully saturated rings. The molecule has 4 amide bonds. The third kappa shape index (κ3) is 4.31. The fraction of sp³-hybridized carbons (Fsp3) is 0.706. The number of hydrogen-bond acceptors (Lipinski definition) is 6. The number of nitrogens with one attached hydrogen (secondary N) is 2. The standard InChI is InChI=1S/C17H26N4O5/c1-6-17(7-2)14(24)21(15(25)20-17)8-13(23)26-9-12(22)19-16(5,10-18)11(3)4/h11H,6-9H2,1-5H3,(H,19,22)(H,20,25)/t16-/m0/s1. The Kier molecular flexibility index (Phi) is 6.73. The van der Waals surface area contributed by atoms with E-state index in [0.717, 1.165) is 4.90 Å². The molecule has 1 saturated heterocycles. The first-order chi connectivity index (χ1) is 12.0. The summed E-state index contributed by atoms with van der Waals surface area (Å²) in [5.74, 6) is -2.14. The van der Waals surface area contributed by atoms with Crippen LogP contribution in [0.15, 0.2) is 0 Å². The van der Waals surface area contributed by atoms with Crippen LogP contribution in [0.5, 0.6) is 0 Å². The van der Waals surface area contributed by atoms with Crippen molar-refractivity contribution in [3.8, 4) is 6.07 Å². The van der Waals surface area contributed by atoms with Crippen LogP contribution in [-0.2, 0) is 19.1 Å². The predicted octanol–water partition coefficient (Wildman–Crippen LogP) is 0.695. The van der Waals surface area contributed by atoms with Gasteiger partial charge >= 0.3 is 12.0 Å². The van der Waals surface area contributed by atoms with Crippen LogP contribution in [0.25, 0.3) is 0 Å². The van der Waals surface area contributed by atoms with Crippen molar-refractivity contribution in [2.75, 3.05) is 13.2 Å². The van der Waals surface area contributed by atoms with Crippen molar-refractivity contribution in [1.29, 1.82) is 5.26 Å². The van der Waals surface area contributed by atoms with E-state index in [1.165, 1.54) is 0 Å². The first-order valence-electron chi connectivity index (χ1n) is 8.57. The minimum Gasteiger partial charge on any atom is -0.454 e. The average molecular weight is 366 g/mol. The average Bonchev–Trinajstić information content (AvgIpc) is 2.84. The lowest BCUT2D eigenvalue weighted by atomic mass is 9.90. The van der Waals surface area contributed by atoms with E-state index < -0.39 is 48.0 Å². The van der Waals surface area contributed by atoms with E-state index in [4.69, 9.17) is 10.00 Å². The molecular formula is C17H26N4O5. The number of nitriles is 1. The number of ether oxygens (including phenoxy) is 1. The molecule has 0 aliphatic carbocycles. The summed E-state index contributed by atoms with van der Waals surface area (Å²) < 4.78 is 4.83. The molecule has 0 bridgehead atoms. The molecule has 0 aromatic carbocycles. The summed E-state index contributed by atoms with van der Waals surface area (Å²) >= 11 is 0. The van der Waals surface area contributed by atoms with Crippen LogP contribution < -0.4 is 10.6 Å². The second kappa shape index (κ2) is 8.17. The largest absolute Gasteiger partial charge is 0.454 e. The summed E-state index contributed by atoms with van der Waals surface area (Å²) in [6, 6.07) is 1.35. The molecule has 0 aromatic rings. The van der Waals surface area contributed by atoms with Crippen LogP contribution in [0.4, 0.5) is 4.79 Å². The molecule has 2 N–H and O–H groups in total. The lowest BCUT2D eigenvalue weighted by molar-refractivity contribution is -0.151. The van der Waals surface area contributed by atoms with Gasteiger partial charge in [0.2, 0.25) is 0 Å². The number of carbonyl (C=O) groups excluding carboxylic acids is 4. The molecule has 1 rings (SSSR count). The third-order valence-electron chi connectivity index (χ3n) is 4.89. The Labute approximate surface area is 153 Å². The van der Waals surface area contributed by atoms with Gasteiger partial charge in [0.1, 0.15) is 17.6 Å². The lowest BCUT2D eigenvalue weighted by Gasteiger charge is -2.27. The van der Waals surface area contributed by atoms with Crippen molar-refractivity contribution in [3.63, 3.8) is 0 Å². The van der Waals surface area contributed by atoms with Gasteiger partial charge in [-0.1, -0.05) is 27.7 Å². The smallest absolute Gasteiger partial charge is 0.326 e. The van der Waals surface area contributed by atoms with Gasteiger partial charge in [0.25, 0.3) is 11.8 Å². The monoisotopic (exact) mass is 366 g/mol. The van der Waals surface area contributed by atoms with Gasteiger partial charge in [0.15, 0.2) is 6.61 Å². The summed E-state index contributed by atoms with van der Waals surface area (Å²) in [5, 5.41) is 14.3. The summed E-state index contributed by atoms with van der Waals surface area (Å²) in [5.41, 5.74) is -2.09. The molecule has 9 nitrogen and oxygen atoms in total. The lowest BCUT2D eigenvalue weighted by Crippen LogP contribution is -2.50. The Bertz CT molecular complexity index is 636. The topological polar surface area (TPSA) is 129 Å². The fourth-order valence-corrected chi connectivity index (χ4v) is 2.50. The highest BCUT2D eigenvalue weighted by molar-refractivity contribution is 6.08. The Morgan fingerprint density at radius 1 is 1.35 bits per heavy atom. The van der Waals surface area contributed by atoms with Crippen LogP contribution in [-0.4, -0.2) is 52.9 Å². The highest BCUT2D eigenvalue weighted by Gasteiger charge is 2.49. The summed E-state index contributed by atoms with van der Waals surface area (Å²) in [6.45, 7) is 7.50. The van der Waals surface area contributed by atoms with Crippen molar-refractivity contribution in [3.05, 3.63) is 0 Å². The first kappa shape index (κ1) is 21.4. The number of urea groups is 1. The highest BCUT2D eigenvalue weighted by Crippen LogP contribution is 2.24. The van der Waals surface area contributed by atoms with Gasteiger partial charge in [-0.2, -0.15) is 5.26 Å². The van der Waals surface area contributed by atoms with Crippen molar-refractivity contribution >= 4 is 23.8 Å². The molecule has 0 spiro atoms. The number of carbonyl (C=O) groups is 4. The van der Waals surface area contributed by atoms with Crippen molar-refractivity contribution in [1.82, 2.24) is 15.5 Å². The quantitative estimate of drug-likeness (QED) is 0.480. The van der Waals surface area contributed by atoms with E-state index in [2.05, 4.69) is 10.6 Å². The van der Waals surface area contributed by atoms with Gasteiger partial charge < -0.3 is 15.4 Å². The molecule has 1 aliphatic heterocycles. The summed E-state index contributed by atoms with van der Waals surface area (Å²) in [4.78, 5) is 48.9. The number of esters is 1. The van der Waals surface area contributed by atoms with Gasteiger partial charge in [-0.25, -0.2) is 4.79 Å². The maximum Gasteiger partial charge on any atom is 0.326 e. The third-order valence-corrected chi connectivity index (χ3v) is 4.89. The molecule has 0 aromatic heterocycles. The summed E-state index contributed by atoms with van der Waals surface area (Å²) in [6.07, 6.45) is 0.813. The van der Waals surface area contributed by atoms with Gasteiger partial charge in [-0.3, -0.25) is 19.3 Å². The molecule has 0 radical (unpaired) electrons. The Morgan fingerprint density at radius 3 is 2.35 bits per heavy atom. The minimum absolute atomic E-state index is 0.144. The van der Waals surface area contributed by atoms with Gasteiger partial charge in [0.05, 0.1) is 6.07 Å². The van der Waals surface area contributed by atoms with E-state index >= 15 is 0 Å². The van der Waals surface area contributed by atoms with E-state index in [-0.39, 0.29) is 5.92 Å². The van der Waals surface area contributed by atoms with Gasteiger partial charge in [-0.05, 0) is 25.7 Å². The molecule has 9 heteroatoms.